The fourth-order valence-corrected chi connectivity index (χ4v) is 2.15. The summed E-state index contributed by atoms with van der Waals surface area (Å²) in [5, 5.41) is 4.52. The average molecular weight is 286 g/mol. The highest BCUT2D eigenvalue weighted by Crippen LogP contribution is 2.30. The highest BCUT2D eigenvalue weighted by Gasteiger charge is 2.12. The van der Waals surface area contributed by atoms with Gasteiger partial charge in [0.1, 0.15) is 5.82 Å². The SMILES string of the molecule is COc1cc2nc(-c3cnn(C)c3)[nH]c(=O)c2cc1OC. The van der Waals surface area contributed by atoms with E-state index in [-0.39, 0.29) is 5.56 Å². The van der Waals surface area contributed by atoms with Gasteiger partial charge in [-0.15, -0.1) is 0 Å². The molecule has 0 bridgehead atoms. The van der Waals surface area contributed by atoms with Crippen molar-refractivity contribution in [1.29, 1.82) is 0 Å². The maximum Gasteiger partial charge on any atom is 0.259 e. The number of rotatable bonds is 3. The number of methoxy groups -OCH3 is 2. The molecule has 21 heavy (non-hydrogen) atoms. The van der Waals surface area contributed by atoms with Crippen LogP contribution in [-0.4, -0.2) is 34.0 Å². The molecule has 108 valence electrons. The molecule has 2 heterocycles. The van der Waals surface area contributed by atoms with Gasteiger partial charge in [0.05, 0.1) is 36.9 Å². The first-order chi connectivity index (χ1) is 10.1. The topological polar surface area (TPSA) is 82.0 Å². The Morgan fingerprint density at radius 2 is 1.90 bits per heavy atom. The molecule has 1 N–H and O–H groups in total. The van der Waals surface area contributed by atoms with E-state index in [1.165, 1.54) is 7.11 Å². The summed E-state index contributed by atoms with van der Waals surface area (Å²) in [6, 6.07) is 3.30. The van der Waals surface area contributed by atoms with E-state index in [4.69, 9.17) is 9.47 Å². The van der Waals surface area contributed by atoms with Gasteiger partial charge in [-0.3, -0.25) is 9.48 Å². The van der Waals surface area contributed by atoms with Crippen LogP contribution in [0.15, 0.2) is 29.3 Å². The number of hydrogen-bond donors (Lipinski definition) is 1. The minimum atomic E-state index is -0.236. The van der Waals surface area contributed by atoms with Crippen molar-refractivity contribution in [2.75, 3.05) is 14.2 Å². The number of fused-ring (bicyclic) bond motifs is 1. The zero-order chi connectivity index (χ0) is 15.0. The summed E-state index contributed by atoms with van der Waals surface area (Å²) in [6.45, 7) is 0. The van der Waals surface area contributed by atoms with Crippen molar-refractivity contribution >= 4 is 10.9 Å². The van der Waals surface area contributed by atoms with Crippen LogP contribution in [0.4, 0.5) is 0 Å². The van der Waals surface area contributed by atoms with Crippen LogP contribution in [0.3, 0.4) is 0 Å². The van der Waals surface area contributed by atoms with E-state index in [0.29, 0.717) is 28.2 Å². The van der Waals surface area contributed by atoms with E-state index in [1.807, 2.05) is 0 Å². The molecule has 0 atom stereocenters. The summed E-state index contributed by atoms with van der Waals surface area (Å²) >= 11 is 0. The van der Waals surface area contributed by atoms with Gasteiger partial charge in [-0.05, 0) is 6.07 Å². The fourth-order valence-electron chi connectivity index (χ4n) is 2.15. The van der Waals surface area contributed by atoms with Gasteiger partial charge in [-0.1, -0.05) is 0 Å². The van der Waals surface area contributed by atoms with Gasteiger partial charge in [0.15, 0.2) is 11.5 Å². The first-order valence-electron chi connectivity index (χ1n) is 6.27. The number of H-pyrrole nitrogens is 1. The zero-order valence-electron chi connectivity index (χ0n) is 11.9. The van der Waals surface area contributed by atoms with Crippen LogP contribution in [0.5, 0.6) is 11.5 Å². The van der Waals surface area contributed by atoms with Crippen molar-refractivity contribution < 1.29 is 9.47 Å². The molecule has 7 nitrogen and oxygen atoms in total. The number of aromatic nitrogens is 4. The molecule has 2 aromatic heterocycles. The lowest BCUT2D eigenvalue weighted by Crippen LogP contribution is -2.10. The van der Waals surface area contributed by atoms with Gasteiger partial charge in [-0.25, -0.2) is 4.98 Å². The number of nitrogens with zero attached hydrogens (tertiary/aromatic N) is 3. The Morgan fingerprint density at radius 3 is 2.52 bits per heavy atom. The third kappa shape index (κ3) is 2.22. The Kier molecular flexibility index (Phi) is 3.09. The third-order valence-electron chi connectivity index (χ3n) is 3.19. The maximum atomic E-state index is 12.2. The van der Waals surface area contributed by atoms with Gasteiger partial charge in [0, 0.05) is 19.3 Å². The van der Waals surface area contributed by atoms with Crippen LogP contribution >= 0.6 is 0 Å². The standard InChI is InChI=1S/C14H14N4O3/c1-18-7-8(6-15-18)13-16-10-5-12(21-3)11(20-2)4-9(10)14(19)17-13/h4-7H,1-3H3,(H,16,17,19). The molecule has 3 aromatic rings. The molecule has 0 aliphatic heterocycles. The number of ether oxygens (including phenoxy) is 2. The Hall–Kier alpha value is -2.83. The minimum absolute atomic E-state index is 0.236. The van der Waals surface area contributed by atoms with E-state index >= 15 is 0 Å². The van der Waals surface area contributed by atoms with Crippen LogP contribution in [-0.2, 0) is 7.05 Å². The Balaban J connectivity index is 2.26. The molecule has 0 aliphatic rings. The molecule has 7 heteroatoms. The fraction of sp³-hybridized carbons (Fsp3) is 0.214. The molecule has 0 spiro atoms. The van der Waals surface area contributed by atoms with Crippen molar-refractivity contribution in [3.8, 4) is 22.9 Å². The number of aromatic amines is 1. The van der Waals surface area contributed by atoms with Gasteiger partial charge in [0.2, 0.25) is 0 Å². The van der Waals surface area contributed by atoms with Crippen molar-refractivity contribution in [2.45, 2.75) is 0 Å². The summed E-state index contributed by atoms with van der Waals surface area (Å²) in [6.07, 6.45) is 3.43. The molecular formula is C14H14N4O3. The van der Waals surface area contributed by atoms with Gasteiger partial charge in [-0.2, -0.15) is 5.10 Å². The molecule has 0 fully saturated rings. The Morgan fingerprint density at radius 1 is 1.19 bits per heavy atom. The molecule has 1 aromatic carbocycles. The van der Waals surface area contributed by atoms with Crippen molar-refractivity contribution in [3.05, 3.63) is 34.9 Å². The number of nitrogens with one attached hydrogen (secondary N) is 1. The number of hydrogen-bond acceptors (Lipinski definition) is 5. The van der Waals surface area contributed by atoms with Gasteiger partial charge < -0.3 is 14.5 Å². The first kappa shape index (κ1) is 13.2. The largest absolute Gasteiger partial charge is 0.493 e. The minimum Gasteiger partial charge on any atom is -0.493 e. The predicted molar refractivity (Wildman–Crippen MR) is 77.7 cm³/mol. The normalized spacial score (nSPS) is 10.8. The van der Waals surface area contributed by atoms with Crippen molar-refractivity contribution in [2.24, 2.45) is 7.05 Å². The molecule has 0 saturated carbocycles. The molecule has 3 rings (SSSR count). The summed E-state index contributed by atoms with van der Waals surface area (Å²) in [5.41, 5.74) is 1.04. The second-order valence-corrected chi connectivity index (χ2v) is 4.54. The second kappa shape index (κ2) is 4.93. The first-order valence-corrected chi connectivity index (χ1v) is 6.27. The monoisotopic (exact) mass is 286 g/mol. The van der Waals surface area contributed by atoms with E-state index in [9.17, 15) is 4.79 Å². The van der Waals surface area contributed by atoms with Crippen LogP contribution in [0, 0.1) is 0 Å². The molecule has 0 amide bonds. The smallest absolute Gasteiger partial charge is 0.259 e. The lowest BCUT2D eigenvalue weighted by molar-refractivity contribution is 0.355. The van der Waals surface area contributed by atoms with Crippen LogP contribution < -0.4 is 15.0 Å². The summed E-state index contributed by atoms with van der Waals surface area (Å²) in [4.78, 5) is 19.4. The molecule has 0 saturated heterocycles. The van der Waals surface area contributed by atoms with Crippen molar-refractivity contribution in [3.63, 3.8) is 0 Å². The van der Waals surface area contributed by atoms with E-state index in [2.05, 4.69) is 15.1 Å². The average Bonchev–Trinajstić information content (AvgIpc) is 2.92. The molecule has 0 aliphatic carbocycles. The zero-order valence-corrected chi connectivity index (χ0v) is 11.9. The van der Waals surface area contributed by atoms with Crippen molar-refractivity contribution in [1.82, 2.24) is 19.7 Å². The lowest BCUT2D eigenvalue weighted by atomic mass is 10.2. The number of aryl methyl sites for hydroxylation is 1. The predicted octanol–water partition coefficient (Wildman–Crippen LogP) is 1.34. The molecule has 0 radical (unpaired) electrons. The van der Waals surface area contributed by atoms with Gasteiger partial charge >= 0.3 is 0 Å². The molecule has 0 unspecified atom stereocenters. The van der Waals surface area contributed by atoms with E-state index in [1.54, 1.807) is 43.4 Å². The summed E-state index contributed by atoms with van der Waals surface area (Å²) in [5.74, 6) is 1.49. The summed E-state index contributed by atoms with van der Waals surface area (Å²) < 4.78 is 12.1. The van der Waals surface area contributed by atoms with E-state index < -0.39 is 0 Å². The quantitative estimate of drug-likeness (QED) is 0.785. The van der Waals surface area contributed by atoms with Crippen LogP contribution in [0.25, 0.3) is 22.3 Å². The highest BCUT2D eigenvalue weighted by molar-refractivity contribution is 5.83. The van der Waals surface area contributed by atoms with E-state index in [0.717, 1.165) is 5.56 Å². The maximum absolute atomic E-state index is 12.2. The van der Waals surface area contributed by atoms with Crippen LogP contribution in [0.1, 0.15) is 0 Å². The Bertz CT molecular complexity index is 866. The second-order valence-electron chi connectivity index (χ2n) is 4.54. The number of benzene rings is 1. The Labute approximate surface area is 120 Å². The molecular weight excluding hydrogens is 272 g/mol. The summed E-state index contributed by atoms with van der Waals surface area (Å²) in [7, 11) is 4.87. The lowest BCUT2D eigenvalue weighted by Gasteiger charge is -2.08. The third-order valence-corrected chi connectivity index (χ3v) is 3.19. The van der Waals surface area contributed by atoms with Crippen LogP contribution in [0.2, 0.25) is 0 Å². The highest BCUT2D eigenvalue weighted by atomic mass is 16.5. The van der Waals surface area contributed by atoms with Gasteiger partial charge in [0.25, 0.3) is 5.56 Å².